The summed E-state index contributed by atoms with van der Waals surface area (Å²) < 4.78 is 13.1. The molecule has 282 valence electrons. The van der Waals surface area contributed by atoms with Crippen LogP contribution in [0, 0.1) is 0 Å². The Bertz CT molecular complexity index is 2260. The minimum atomic E-state index is 0.796. The lowest BCUT2D eigenvalue weighted by molar-refractivity contribution is 0.378. The van der Waals surface area contributed by atoms with Gasteiger partial charge in [-0.25, -0.2) is 0 Å². The van der Waals surface area contributed by atoms with E-state index in [-0.39, 0.29) is 0 Å². The van der Waals surface area contributed by atoms with Crippen molar-refractivity contribution in [3.8, 4) is 5.75 Å². The normalized spacial score (nSPS) is 18.2. The Kier molecular flexibility index (Phi) is 11.0. The Balaban J connectivity index is 1.22. The zero-order chi connectivity index (χ0) is 38.8. The van der Waals surface area contributed by atoms with Crippen molar-refractivity contribution in [3.63, 3.8) is 0 Å². The molecule has 0 atom stereocenters. The van der Waals surface area contributed by atoms with E-state index in [9.17, 15) is 0 Å². The third-order valence-electron chi connectivity index (χ3n) is 10.5. The van der Waals surface area contributed by atoms with Gasteiger partial charge in [0.1, 0.15) is 23.0 Å². The van der Waals surface area contributed by atoms with Gasteiger partial charge < -0.3 is 29.1 Å². The van der Waals surface area contributed by atoms with Crippen molar-refractivity contribution in [1.29, 1.82) is 0 Å². The van der Waals surface area contributed by atoms with Gasteiger partial charge in [-0.1, -0.05) is 42.0 Å². The van der Waals surface area contributed by atoms with Crippen molar-refractivity contribution in [2.75, 3.05) is 71.1 Å². The molecule has 0 unspecified atom stereocenters. The molecule has 0 bridgehead atoms. The van der Waals surface area contributed by atoms with Gasteiger partial charge in [-0.3, -0.25) is 0 Å². The van der Waals surface area contributed by atoms with Crippen LogP contribution < -0.4 is 19.4 Å². The molecule has 4 aliphatic rings. The highest BCUT2D eigenvalue weighted by molar-refractivity contribution is 6.32. The average Bonchev–Trinajstić information content (AvgIpc) is 3.19. The second-order valence-electron chi connectivity index (χ2n) is 15.2. The van der Waals surface area contributed by atoms with Crippen LogP contribution >= 0.6 is 11.6 Å². The number of allylic oxidation sites excluding steroid dienone is 14. The molecule has 0 saturated heterocycles. The fourth-order valence-electron chi connectivity index (χ4n) is 7.11. The molecule has 0 spiro atoms. The van der Waals surface area contributed by atoms with E-state index in [1.54, 1.807) is 0 Å². The molecule has 2 heterocycles. The van der Waals surface area contributed by atoms with Gasteiger partial charge in [-0.2, -0.15) is 0 Å². The van der Waals surface area contributed by atoms with Gasteiger partial charge in [0.2, 0.25) is 0 Å². The first-order valence-electron chi connectivity index (χ1n) is 18.9. The van der Waals surface area contributed by atoms with E-state index < -0.39 is 0 Å². The minimum absolute atomic E-state index is 0.796. The predicted molar refractivity (Wildman–Crippen MR) is 233 cm³/mol. The summed E-state index contributed by atoms with van der Waals surface area (Å²) in [7, 11) is 16.4. The highest BCUT2D eigenvalue weighted by atomic mass is 35.5. The Morgan fingerprint density at radius 3 is 1.84 bits per heavy atom. The molecule has 6 nitrogen and oxygen atoms in total. The molecule has 0 N–H and O–H groups in total. The standard InChI is InChI=1S/C48H51ClN4O2/c1-50(2)38-20-16-32(17-21-38)44-28-36(42-26-24-40(52(5)6)30-46(42)54-44)14-12-34-10-9-11-35(48(34)49)13-15-37-29-45(33-18-22-39(23-19-33)51(3)4)55-47-31-41(53(7)8)25-27-43(37)47/h12-26,28-31H,9-11,27H2,1-8H3/b15-13+,34-12+,36-14+. The van der Waals surface area contributed by atoms with Gasteiger partial charge in [0, 0.05) is 119 Å². The second kappa shape index (κ2) is 16.0. The largest absolute Gasteiger partial charge is 0.456 e. The molecule has 2 aliphatic heterocycles. The maximum atomic E-state index is 7.26. The maximum absolute atomic E-state index is 7.26. The van der Waals surface area contributed by atoms with E-state index in [0.29, 0.717) is 0 Å². The molecule has 0 aromatic heterocycles. The monoisotopic (exact) mass is 750 g/mol. The third kappa shape index (κ3) is 8.25. The van der Waals surface area contributed by atoms with Crippen LogP contribution in [0.4, 0.5) is 17.1 Å². The van der Waals surface area contributed by atoms with Gasteiger partial charge in [0.25, 0.3) is 0 Å². The average molecular weight is 751 g/mol. The molecule has 0 saturated carbocycles. The smallest absolute Gasteiger partial charge is 0.137 e. The number of fused-ring (bicyclic) bond motifs is 2. The van der Waals surface area contributed by atoms with Crippen LogP contribution in [0.5, 0.6) is 5.75 Å². The number of ether oxygens (including phenoxy) is 2. The van der Waals surface area contributed by atoms with Crippen LogP contribution in [0.25, 0.3) is 17.1 Å². The van der Waals surface area contributed by atoms with Gasteiger partial charge >= 0.3 is 0 Å². The van der Waals surface area contributed by atoms with E-state index in [1.165, 1.54) is 5.57 Å². The van der Waals surface area contributed by atoms with E-state index in [0.717, 1.165) is 115 Å². The lowest BCUT2D eigenvalue weighted by atomic mass is 9.91. The predicted octanol–water partition coefficient (Wildman–Crippen LogP) is 11.0. The molecular formula is C48H51ClN4O2. The highest BCUT2D eigenvalue weighted by Gasteiger charge is 2.24. The minimum Gasteiger partial charge on any atom is -0.456 e. The number of likely N-dealkylation sites (N-methyl/N-ethyl adjacent to an activating group) is 1. The lowest BCUT2D eigenvalue weighted by Gasteiger charge is -2.27. The molecular weight excluding hydrogens is 700 g/mol. The van der Waals surface area contributed by atoms with Crippen LogP contribution in [-0.2, 0) is 4.74 Å². The van der Waals surface area contributed by atoms with Crippen LogP contribution in [0.15, 0.2) is 154 Å². The van der Waals surface area contributed by atoms with E-state index in [2.05, 4.69) is 177 Å². The summed E-state index contributed by atoms with van der Waals surface area (Å²) in [5.74, 6) is 3.40. The van der Waals surface area contributed by atoms with Crippen LogP contribution in [-0.4, -0.2) is 61.3 Å². The molecule has 3 aromatic carbocycles. The summed E-state index contributed by atoms with van der Waals surface area (Å²) in [6.07, 6.45) is 21.2. The molecule has 7 rings (SSSR count). The quantitative estimate of drug-likeness (QED) is 0.216. The van der Waals surface area contributed by atoms with Crippen molar-refractivity contribution >= 4 is 45.8 Å². The Morgan fingerprint density at radius 2 is 1.22 bits per heavy atom. The number of hydrogen-bond donors (Lipinski definition) is 0. The second-order valence-corrected chi connectivity index (χ2v) is 15.6. The van der Waals surface area contributed by atoms with Crippen molar-refractivity contribution < 1.29 is 9.47 Å². The Morgan fingerprint density at radius 1 is 0.600 bits per heavy atom. The molecule has 3 aromatic rings. The molecule has 2 aliphatic carbocycles. The van der Waals surface area contributed by atoms with Gasteiger partial charge in [0.15, 0.2) is 0 Å². The summed E-state index contributed by atoms with van der Waals surface area (Å²) in [5.41, 5.74) is 13.3. The van der Waals surface area contributed by atoms with Crippen molar-refractivity contribution in [2.45, 2.75) is 25.7 Å². The Hall–Kier alpha value is -5.59. The number of nitrogens with zero attached hydrogens (tertiary/aromatic N) is 4. The number of rotatable bonds is 9. The number of benzene rings is 3. The topological polar surface area (TPSA) is 31.4 Å². The van der Waals surface area contributed by atoms with Gasteiger partial charge in [-0.05, 0) is 121 Å². The zero-order valence-electron chi connectivity index (χ0n) is 33.3. The first-order valence-corrected chi connectivity index (χ1v) is 19.3. The third-order valence-corrected chi connectivity index (χ3v) is 11.0. The zero-order valence-corrected chi connectivity index (χ0v) is 34.0. The summed E-state index contributed by atoms with van der Waals surface area (Å²) in [5, 5.41) is 0.827. The highest BCUT2D eigenvalue weighted by Crippen LogP contribution is 2.42. The molecule has 55 heavy (non-hydrogen) atoms. The van der Waals surface area contributed by atoms with Crippen molar-refractivity contribution in [3.05, 3.63) is 171 Å². The molecule has 0 radical (unpaired) electrons. The van der Waals surface area contributed by atoms with Crippen LogP contribution in [0.3, 0.4) is 0 Å². The van der Waals surface area contributed by atoms with Crippen LogP contribution in [0.2, 0.25) is 0 Å². The first kappa shape index (κ1) is 37.7. The van der Waals surface area contributed by atoms with E-state index in [1.807, 2.05) is 14.1 Å². The van der Waals surface area contributed by atoms with Gasteiger partial charge in [0.05, 0.1) is 0 Å². The van der Waals surface area contributed by atoms with E-state index >= 15 is 0 Å². The SMILES string of the molecule is CN(C)C1=CCC2=C(/C=C/C3=C(Cl)C(=C/C=C4\C=C(c5ccc(N(C)C)cc5)Oc5cc(N(C)C)ccc54)/CCC3)C=C(c3ccc(N(C)C)cc3)OC2=C1. The molecule has 0 amide bonds. The number of anilines is 3. The number of hydrogen-bond acceptors (Lipinski definition) is 6. The fraction of sp³-hybridized carbons (Fsp3) is 0.250. The summed E-state index contributed by atoms with van der Waals surface area (Å²) in [6, 6.07) is 23.4. The first-order chi connectivity index (χ1) is 26.4. The molecule has 7 heteroatoms. The number of halogens is 1. The molecule has 0 fully saturated rings. The summed E-state index contributed by atoms with van der Waals surface area (Å²) in [4.78, 5) is 8.43. The van der Waals surface area contributed by atoms with Gasteiger partial charge in [-0.15, -0.1) is 0 Å². The lowest BCUT2D eigenvalue weighted by Crippen LogP contribution is -2.15. The van der Waals surface area contributed by atoms with Crippen LogP contribution in [0.1, 0.15) is 42.4 Å². The van der Waals surface area contributed by atoms with Crippen molar-refractivity contribution in [2.24, 2.45) is 0 Å². The van der Waals surface area contributed by atoms with Crippen molar-refractivity contribution in [1.82, 2.24) is 4.90 Å². The summed E-state index contributed by atoms with van der Waals surface area (Å²) >= 11 is 7.26. The Labute approximate surface area is 332 Å². The fourth-order valence-corrected chi connectivity index (χ4v) is 7.43. The van der Waals surface area contributed by atoms with E-state index in [4.69, 9.17) is 21.1 Å². The summed E-state index contributed by atoms with van der Waals surface area (Å²) in [6.45, 7) is 0. The maximum Gasteiger partial charge on any atom is 0.137 e.